The van der Waals surface area contributed by atoms with Gasteiger partial charge < -0.3 is 10.5 Å². The number of halogens is 2. The average molecular weight is 292 g/mol. The molecular formula is C13H19Cl2NO2. The molecule has 0 aliphatic carbocycles. The van der Waals surface area contributed by atoms with E-state index in [-0.39, 0.29) is 30.4 Å². The summed E-state index contributed by atoms with van der Waals surface area (Å²) in [6.45, 7) is 4.07. The van der Waals surface area contributed by atoms with Crippen LogP contribution in [0.25, 0.3) is 0 Å². The molecule has 0 saturated heterocycles. The van der Waals surface area contributed by atoms with Crippen molar-refractivity contribution < 1.29 is 9.53 Å². The second kappa shape index (κ2) is 8.35. The molecule has 1 aromatic carbocycles. The molecule has 1 rings (SSSR count). The second-order valence-electron chi connectivity index (χ2n) is 4.23. The number of carbonyl (C=O) groups excluding carboxylic acids is 1. The lowest BCUT2D eigenvalue weighted by molar-refractivity contribution is -0.147. The molecule has 1 atom stereocenters. The van der Waals surface area contributed by atoms with Gasteiger partial charge in [0.15, 0.2) is 0 Å². The molecule has 0 bridgehead atoms. The van der Waals surface area contributed by atoms with E-state index in [1.807, 2.05) is 26.0 Å². The van der Waals surface area contributed by atoms with Crippen LogP contribution < -0.4 is 5.73 Å². The Morgan fingerprint density at radius 3 is 2.33 bits per heavy atom. The third kappa shape index (κ3) is 5.71. The Hall–Kier alpha value is -0.770. The molecule has 0 aromatic heterocycles. The monoisotopic (exact) mass is 291 g/mol. The summed E-state index contributed by atoms with van der Waals surface area (Å²) >= 11 is 5.81. The molecule has 0 spiro atoms. The van der Waals surface area contributed by atoms with Crippen LogP contribution in [-0.2, 0) is 9.53 Å². The van der Waals surface area contributed by atoms with Crippen LogP contribution in [0, 0.1) is 0 Å². The van der Waals surface area contributed by atoms with Gasteiger partial charge in [0.05, 0.1) is 12.5 Å². The summed E-state index contributed by atoms with van der Waals surface area (Å²) in [6.07, 6.45) is 0.210. The van der Waals surface area contributed by atoms with Gasteiger partial charge in [-0.05, 0) is 38.1 Å². The summed E-state index contributed by atoms with van der Waals surface area (Å²) in [6, 6.07) is 7.38. The molecule has 0 radical (unpaired) electrons. The number of carbonyl (C=O) groups is 1. The fraction of sp³-hybridized carbons (Fsp3) is 0.462. The minimum absolute atomic E-state index is 0. The number of nitrogens with two attached hydrogens (primary N) is 1. The van der Waals surface area contributed by atoms with Crippen molar-refractivity contribution in [3.63, 3.8) is 0 Å². The number of hydrogen-bond acceptors (Lipinski definition) is 3. The highest BCUT2D eigenvalue weighted by molar-refractivity contribution is 6.30. The summed E-state index contributed by atoms with van der Waals surface area (Å²) in [4.78, 5) is 11.6. The van der Waals surface area contributed by atoms with Gasteiger partial charge >= 0.3 is 5.97 Å². The van der Waals surface area contributed by atoms with Crippen LogP contribution in [-0.4, -0.2) is 18.6 Å². The van der Waals surface area contributed by atoms with Gasteiger partial charge in [-0.2, -0.15) is 0 Å². The van der Waals surface area contributed by atoms with Gasteiger partial charge in [-0.3, -0.25) is 4.79 Å². The molecule has 2 N–H and O–H groups in total. The van der Waals surface area contributed by atoms with Crippen molar-refractivity contribution in [2.75, 3.05) is 6.54 Å². The van der Waals surface area contributed by atoms with E-state index in [1.54, 1.807) is 12.1 Å². The van der Waals surface area contributed by atoms with Crippen LogP contribution in [0.15, 0.2) is 24.3 Å². The van der Waals surface area contributed by atoms with Crippen molar-refractivity contribution in [1.82, 2.24) is 0 Å². The standard InChI is InChI=1S/C13H18ClNO2.ClH/c1-9(2)17-13(16)7-11(8-15)10-3-5-12(14)6-4-10;/h3-6,9,11H,7-8,15H2,1-2H3;1H. The fourth-order valence-corrected chi connectivity index (χ4v) is 1.71. The largest absolute Gasteiger partial charge is 0.463 e. The van der Waals surface area contributed by atoms with Crippen molar-refractivity contribution in [3.05, 3.63) is 34.9 Å². The number of rotatable bonds is 5. The zero-order valence-corrected chi connectivity index (χ0v) is 12.1. The zero-order chi connectivity index (χ0) is 12.8. The van der Waals surface area contributed by atoms with Crippen LogP contribution in [0.3, 0.4) is 0 Å². The third-order valence-electron chi connectivity index (χ3n) is 2.41. The molecule has 3 nitrogen and oxygen atoms in total. The molecule has 102 valence electrons. The van der Waals surface area contributed by atoms with Gasteiger partial charge in [0, 0.05) is 10.9 Å². The minimum atomic E-state index is -0.217. The van der Waals surface area contributed by atoms with Crippen LogP contribution in [0.1, 0.15) is 31.7 Å². The Labute approximate surface area is 119 Å². The van der Waals surface area contributed by atoms with Crippen molar-refractivity contribution in [2.45, 2.75) is 32.3 Å². The molecule has 5 heteroatoms. The Morgan fingerprint density at radius 2 is 1.89 bits per heavy atom. The van der Waals surface area contributed by atoms with Crippen molar-refractivity contribution in [2.24, 2.45) is 5.73 Å². The smallest absolute Gasteiger partial charge is 0.306 e. The third-order valence-corrected chi connectivity index (χ3v) is 2.66. The molecule has 0 aliphatic heterocycles. The van der Waals surface area contributed by atoms with E-state index in [0.717, 1.165) is 5.56 Å². The number of benzene rings is 1. The van der Waals surface area contributed by atoms with Crippen LogP contribution in [0.4, 0.5) is 0 Å². The van der Waals surface area contributed by atoms with E-state index in [1.165, 1.54) is 0 Å². The Kier molecular flexibility index (Phi) is 8.00. The van der Waals surface area contributed by atoms with E-state index in [2.05, 4.69) is 0 Å². The topological polar surface area (TPSA) is 52.3 Å². The molecule has 0 aliphatic rings. The molecule has 0 heterocycles. The molecule has 0 fully saturated rings. The van der Waals surface area contributed by atoms with Gasteiger partial charge in [0.25, 0.3) is 0 Å². The first kappa shape index (κ1) is 17.2. The molecule has 0 amide bonds. The maximum absolute atomic E-state index is 11.6. The normalized spacial score (nSPS) is 11.8. The van der Waals surface area contributed by atoms with Crippen molar-refractivity contribution in [3.8, 4) is 0 Å². The first-order chi connectivity index (χ1) is 8.02. The molecule has 0 saturated carbocycles. The first-order valence-corrected chi connectivity index (χ1v) is 6.05. The highest BCUT2D eigenvalue weighted by atomic mass is 35.5. The number of hydrogen-bond donors (Lipinski definition) is 1. The fourth-order valence-electron chi connectivity index (χ4n) is 1.58. The molecule has 1 aromatic rings. The van der Waals surface area contributed by atoms with Gasteiger partial charge in [-0.1, -0.05) is 23.7 Å². The lowest BCUT2D eigenvalue weighted by Crippen LogP contribution is -2.20. The van der Waals surface area contributed by atoms with E-state index in [0.29, 0.717) is 18.0 Å². The highest BCUT2D eigenvalue weighted by Crippen LogP contribution is 2.21. The lowest BCUT2D eigenvalue weighted by atomic mass is 9.96. The Morgan fingerprint density at radius 1 is 1.33 bits per heavy atom. The SMILES string of the molecule is CC(C)OC(=O)CC(CN)c1ccc(Cl)cc1.Cl. The lowest BCUT2D eigenvalue weighted by Gasteiger charge is -2.15. The van der Waals surface area contributed by atoms with Gasteiger partial charge in [-0.25, -0.2) is 0 Å². The average Bonchev–Trinajstić information content (AvgIpc) is 2.26. The Balaban J connectivity index is 0.00000289. The summed E-state index contributed by atoms with van der Waals surface area (Å²) in [5, 5.41) is 0.675. The predicted molar refractivity (Wildman–Crippen MR) is 76.3 cm³/mol. The van der Waals surface area contributed by atoms with Crippen LogP contribution >= 0.6 is 24.0 Å². The summed E-state index contributed by atoms with van der Waals surface area (Å²) in [7, 11) is 0. The van der Waals surface area contributed by atoms with E-state index in [9.17, 15) is 4.79 Å². The number of esters is 1. The molecular weight excluding hydrogens is 273 g/mol. The summed E-state index contributed by atoms with van der Waals surface area (Å²) in [5.74, 6) is -0.232. The second-order valence-corrected chi connectivity index (χ2v) is 4.66. The maximum atomic E-state index is 11.6. The van der Waals surface area contributed by atoms with Gasteiger partial charge in [0.2, 0.25) is 0 Å². The van der Waals surface area contributed by atoms with Crippen LogP contribution in [0.2, 0.25) is 5.02 Å². The first-order valence-electron chi connectivity index (χ1n) is 5.68. The summed E-state index contributed by atoms with van der Waals surface area (Å²) in [5.41, 5.74) is 6.69. The number of ether oxygens (including phenoxy) is 1. The van der Waals surface area contributed by atoms with Crippen molar-refractivity contribution >= 4 is 30.0 Å². The zero-order valence-electron chi connectivity index (χ0n) is 10.6. The minimum Gasteiger partial charge on any atom is -0.463 e. The Bertz CT molecular complexity index is 366. The maximum Gasteiger partial charge on any atom is 0.306 e. The van der Waals surface area contributed by atoms with E-state index >= 15 is 0 Å². The summed E-state index contributed by atoms with van der Waals surface area (Å²) < 4.78 is 5.11. The van der Waals surface area contributed by atoms with E-state index < -0.39 is 0 Å². The quantitative estimate of drug-likeness (QED) is 0.848. The predicted octanol–water partition coefficient (Wildman–Crippen LogP) is 3.15. The molecule has 18 heavy (non-hydrogen) atoms. The van der Waals surface area contributed by atoms with Crippen LogP contribution in [0.5, 0.6) is 0 Å². The van der Waals surface area contributed by atoms with Crippen molar-refractivity contribution in [1.29, 1.82) is 0 Å². The molecule has 1 unspecified atom stereocenters. The van der Waals surface area contributed by atoms with E-state index in [4.69, 9.17) is 22.1 Å². The van der Waals surface area contributed by atoms with Gasteiger partial charge in [0.1, 0.15) is 0 Å². The van der Waals surface area contributed by atoms with Gasteiger partial charge in [-0.15, -0.1) is 12.4 Å². The highest BCUT2D eigenvalue weighted by Gasteiger charge is 2.16.